The Morgan fingerprint density at radius 2 is 2.07 bits per heavy atom. The van der Waals surface area contributed by atoms with Gasteiger partial charge >= 0.3 is 11.9 Å². The molecule has 3 atom stereocenters. The van der Waals surface area contributed by atoms with Gasteiger partial charge in [0.15, 0.2) is 0 Å². The van der Waals surface area contributed by atoms with Gasteiger partial charge in [0.1, 0.15) is 31.3 Å². The van der Waals surface area contributed by atoms with Crippen LogP contribution in [0.15, 0.2) is 24.3 Å². The summed E-state index contributed by atoms with van der Waals surface area (Å²) in [6.45, 7) is 5.32. The quantitative estimate of drug-likeness (QED) is 0.636. The molecule has 0 saturated heterocycles. The van der Waals surface area contributed by atoms with Crippen molar-refractivity contribution in [1.82, 2.24) is 4.98 Å². The SMILES string of the molecule is CCC1C=[N+]2CCc3c([nH]c4ccccc34)[C@@](COC(C)=O)(C(=O)OC)[C@H]1CC2. The first-order valence-electron chi connectivity index (χ1n) is 10.4. The van der Waals surface area contributed by atoms with Crippen molar-refractivity contribution < 1.29 is 23.6 Å². The third kappa shape index (κ3) is 3.15. The molecular weight excluding hydrogens is 368 g/mol. The number of hydrogen-bond acceptors (Lipinski definition) is 4. The predicted octanol–water partition coefficient (Wildman–Crippen LogP) is 2.83. The number of aromatic nitrogens is 1. The Morgan fingerprint density at radius 3 is 2.79 bits per heavy atom. The van der Waals surface area contributed by atoms with Crippen LogP contribution in [0.4, 0.5) is 0 Å². The Morgan fingerprint density at radius 1 is 1.28 bits per heavy atom. The van der Waals surface area contributed by atoms with E-state index in [1.165, 1.54) is 14.0 Å². The van der Waals surface area contributed by atoms with Crippen molar-refractivity contribution in [2.75, 3.05) is 26.8 Å². The smallest absolute Gasteiger partial charge is 0.321 e. The van der Waals surface area contributed by atoms with Crippen LogP contribution in [0.3, 0.4) is 0 Å². The number of nitrogens with one attached hydrogen (secondary N) is 1. The summed E-state index contributed by atoms with van der Waals surface area (Å²) in [5.74, 6) is -0.532. The summed E-state index contributed by atoms with van der Waals surface area (Å²) in [5.41, 5.74) is 1.92. The molecular formula is C23H29N2O4+. The standard InChI is InChI=1S/C23H29N2O4/c1-4-16-13-25-11-9-18-17-7-5-6-8-20(17)24-21(18)23(22(27)28-3,14-29-15(2)26)19(16)10-12-25/h5-8,13,16,19,24H,4,9-12,14H2,1-3H3/q+1/t16?,19-,23-/m0/s1. The van der Waals surface area contributed by atoms with E-state index < -0.39 is 5.41 Å². The van der Waals surface area contributed by atoms with E-state index in [1.54, 1.807) is 0 Å². The molecule has 3 aliphatic heterocycles. The number of carbonyl (C=O) groups excluding carboxylic acids is 2. The molecule has 6 heteroatoms. The summed E-state index contributed by atoms with van der Waals surface area (Å²) in [5, 5.41) is 1.12. The molecule has 0 fully saturated rings. The molecule has 5 rings (SSSR count). The van der Waals surface area contributed by atoms with Crippen LogP contribution < -0.4 is 0 Å². The summed E-state index contributed by atoms with van der Waals surface area (Å²) in [7, 11) is 1.42. The average molecular weight is 397 g/mol. The van der Waals surface area contributed by atoms with Crippen molar-refractivity contribution in [3.05, 3.63) is 35.5 Å². The number of esters is 2. The zero-order chi connectivity index (χ0) is 20.6. The molecule has 1 N–H and O–H groups in total. The van der Waals surface area contributed by atoms with E-state index in [0.29, 0.717) is 0 Å². The monoisotopic (exact) mass is 397 g/mol. The number of benzene rings is 1. The number of aromatic amines is 1. The van der Waals surface area contributed by atoms with E-state index in [0.717, 1.165) is 54.5 Å². The number of rotatable bonds is 4. The molecule has 3 aliphatic rings. The van der Waals surface area contributed by atoms with E-state index >= 15 is 0 Å². The maximum Gasteiger partial charge on any atom is 0.321 e. The number of methoxy groups -OCH3 is 1. The molecule has 6 nitrogen and oxygen atoms in total. The first kappa shape index (κ1) is 19.7. The van der Waals surface area contributed by atoms with Crippen LogP contribution in [-0.4, -0.2) is 54.5 Å². The third-order valence-electron chi connectivity index (χ3n) is 6.71. The molecule has 0 aliphatic carbocycles. The zero-order valence-corrected chi connectivity index (χ0v) is 17.4. The summed E-state index contributed by atoms with van der Waals surface area (Å²) < 4.78 is 13.3. The van der Waals surface area contributed by atoms with Crippen LogP contribution in [0, 0.1) is 11.8 Å². The Bertz CT molecular complexity index is 976. The lowest BCUT2D eigenvalue weighted by Crippen LogP contribution is -2.53. The van der Waals surface area contributed by atoms with Crippen molar-refractivity contribution >= 4 is 29.1 Å². The molecule has 2 bridgehead atoms. The van der Waals surface area contributed by atoms with Gasteiger partial charge in [0.05, 0.1) is 7.11 Å². The molecule has 4 heterocycles. The fourth-order valence-electron chi connectivity index (χ4n) is 5.33. The van der Waals surface area contributed by atoms with Crippen LogP contribution in [0.2, 0.25) is 0 Å². The normalized spacial score (nSPS) is 26.1. The van der Waals surface area contributed by atoms with Crippen molar-refractivity contribution in [2.24, 2.45) is 11.8 Å². The first-order valence-corrected chi connectivity index (χ1v) is 10.4. The first-order chi connectivity index (χ1) is 14.0. The van der Waals surface area contributed by atoms with E-state index in [-0.39, 0.29) is 30.4 Å². The van der Waals surface area contributed by atoms with Gasteiger partial charge in [-0.25, -0.2) is 4.58 Å². The summed E-state index contributed by atoms with van der Waals surface area (Å²) >= 11 is 0. The largest absolute Gasteiger partial charge is 0.468 e. The molecule has 29 heavy (non-hydrogen) atoms. The number of nitrogens with zero attached hydrogens (tertiary/aromatic N) is 1. The van der Waals surface area contributed by atoms with Gasteiger partial charge in [0.25, 0.3) is 0 Å². The van der Waals surface area contributed by atoms with Crippen molar-refractivity contribution in [1.29, 1.82) is 0 Å². The van der Waals surface area contributed by atoms with Gasteiger partial charge in [-0.2, -0.15) is 0 Å². The Labute approximate surface area is 170 Å². The molecule has 0 saturated carbocycles. The molecule has 0 radical (unpaired) electrons. The minimum Gasteiger partial charge on any atom is -0.468 e. The highest BCUT2D eigenvalue weighted by molar-refractivity contribution is 5.91. The van der Waals surface area contributed by atoms with Gasteiger partial charge in [-0.05, 0) is 18.1 Å². The number of carbonyl (C=O) groups is 2. The van der Waals surface area contributed by atoms with Crippen LogP contribution >= 0.6 is 0 Å². The lowest BCUT2D eigenvalue weighted by atomic mass is 9.64. The summed E-state index contributed by atoms with van der Waals surface area (Å²) in [6, 6.07) is 8.13. The van der Waals surface area contributed by atoms with Crippen LogP contribution in [0.5, 0.6) is 0 Å². The molecule has 0 amide bonds. The van der Waals surface area contributed by atoms with Gasteiger partial charge in [0, 0.05) is 48.2 Å². The fraction of sp³-hybridized carbons (Fsp3) is 0.522. The number of hydrogen-bond donors (Lipinski definition) is 1. The van der Waals surface area contributed by atoms with Gasteiger partial charge < -0.3 is 14.5 Å². The van der Waals surface area contributed by atoms with Gasteiger partial charge in [-0.1, -0.05) is 25.1 Å². The topological polar surface area (TPSA) is 71.4 Å². The Kier molecular flexibility index (Phi) is 5.19. The summed E-state index contributed by atoms with van der Waals surface area (Å²) in [4.78, 5) is 28.9. The highest BCUT2D eigenvalue weighted by atomic mass is 16.5. The van der Waals surface area contributed by atoms with Gasteiger partial charge in [-0.3, -0.25) is 9.59 Å². The van der Waals surface area contributed by atoms with E-state index in [1.807, 2.05) is 18.2 Å². The second-order valence-electron chi connectivity index (χ2n) is 8.17. The maximum atomic E-state index is 13.5. The van der Waals surface area contributed by atoms with Gasteiger partial charge in [-0.15, -0.1) is 0 Å². The highest BCUT2D eigenvalue weighted by Crippen LogP contribution is 2.46. The highest BCUT2D eigenvalue weighted by Gasteiger charge is 2.56. The second kappa shape index (κ2) is 7.65. The van der Waals surface area contributed by atoms with E-state index in [2.05, 4.69) is 28.8 Å². The van der Waals surface area contributed by atoms with E-state index in [4.69, 9.17) is 9.47 Å². The summed E-state index contributed by atoms with van der Waals surface area (Å²) in [6.07, 6.45) is 4.86. The molecule has 1 aromatic heterocycles. The number of ether oxygens (including phenoxy) is 2. The van der Waals surface area contributed by atoms with Crippen LogP contribution in [0.1, 0.15) is 37.9 Å². The second-order valence-corrected chi connectivity index (χ2v) is 8.17. The number of para-hydroxylation sites is 1. The fourth-order valence-corrected chi connectivity index (χ4v) is 5.33. The van der Waals surface area contributed by atoms with E-state index in [9.17, 15) is 9.59 Å². The van der Waals surface area contributed by atoms with Gasteiger partial charge in [0.2, 0.25) is 0 Å². The van der Waals surface area contributed by atoms with Crippen LogP contribution in [-0.2, 0) is 30.9 Å². The van der Waals surface area contributed by atoms with Crippen molar-refractivity contribution in [3.63, 3.8) is 0 Å². The minimum atomic E-state index is -1.05. The molecule has 2 aromatic rings. The maximum absolute atomic E-state index is 13.5. The Balaban J connectivity index is 2.02. The molecule has 0 spiro atoms. The molecule has 1 aromatic carbocycles. The Hall–Kier alpha value is -2.63. The predicted molar refractivity (Wildman–Crippen MR) is 110 cm³/mol. The minimum absolute atomic E-state index is 0.0101. The molecule has 154 valence electrons. The average Bonchev–Trinajstić information content (AvgIpc) is 3.14. The zero-order valence-electron chi connectivity index (χ0n) is 17.4. The van der Waals surface area contributed by atoms with Crippen molar-refractivity contribution in [3.8, 4) is 0 Å². The van der Waals surface area contributed by atoms with Crippen molar-refractivity contribution in [2.45, 2.75) is 38.5 Å². The number of H-pyrrole nitrogens is 1. The van der Waals surface area contributed by atoms with Crippen LogP contribution in [0.25, 0.3) is 10.9 Å². The molecule has 1 unspecified atom stereocenters. The number of fused-ring (bicyclic) bond motifs is 4. The lowest BCUT2D eigenvalue weighted by molar-refractivity contribution is -0.532. The third-order valence-corrected chi connectivity index (χ3v) is 6.71. The lowest BCUT2D eigenvalue weighted by Gasteiger charge is -2.40.